The van der Waals surface area contributed by atoms with Gasteiger partial charge in [0.1, 0.15) is 5.82 Å². The molecule has 1 N–H and O–H groups in total. The molecule has 0 bridgehead atoms. The number of fused-ring (bicyclic) bond motifs is 1. The van der Waals surface area contributed by atoms with Gasteiger partial charge in [-0.25, -0.2) is 4.39 Å². The van der Waals surface area contributed by atoms with E-state index >= 15 is 0 Å². The Morgan fingerprint density at radius 3 is 2.28 bits per heavy atom. The van der Waals surface area contributed by atoms with Gasteiger partial charge in [0.15, 0.2) is 5.78 Å². The Balaban J connectivity index is 1.61. The van der Waals surface area contributed by atoms with Crippen molar-refractivity contribution in [2.45, 2.75) is 19.4 Å². The average Bonchev–Trinajstić information content (AvgIpc) is 2.75. The molecule has 0 saturated heterocycles. The molecular weight excluding hydrogens is 361 g/mol. The quantitative estimate of drug-likeness (QED) is 0.375. The summed E-state index contributed by atoms with van der Waals surface area (Å²) in [5.41, 5.74) is 3.66. The van der Waals surface area contributed by atoms with Crippen LogP contribution in [0.4, 0.5) is 10.1 Å². The molecule has 0 aliphatic rings. The molecule has 0 spiro atoms. The summed E-state index contributed by atoms with van der Waals surface area (Å²) >= 11 is 0. The van der Waals surface area contributed by atoms with Gasteiger partial charge in [0.25, 0.3) is 0 Å². The van der Waals surface area contributed by atoms with E-state index < -0.39 is 0 Å². The molecule has 0 aromatic heterocycles. The Morgan fingerprint density at radius 2 is 1.55 bits per heavy atom. The number of aryl methyl sites for hydroxylation is 1. The standard InChI is InChI=1S/C26H22FNO/c1-18-6-8-20(9-7-18)25(28-24-14-12-23(27)13-15-24)17-26(29)22-11-10-19-4-2-3-5-21(19)16-22/h2-16,25,28H,17H2,1H3. The van der Waals surface area contributed by atoms with E-state index in [-0.39, 0.29) is 17.6 Å². The first kappa shape index (κ1) is 18.9. The largest absolute Gasteiger partial charge is 0.378 e. The fourth-order valence-corrected chi connectivity index (χ4v) is 3.46. The predicted octanol–water partition coefficient (Wildman–Crippen LogP) is 6.71. The maximum atomic E-state index is 13.3. The van der Waals surface area contributed by atoms with Crippen molar-refractivity contribution < 1.29 is 9.18 Å². The van der Waals surface area contributed by atoms with Crippen LogP contribution in [-0.4, -0.2) is 5.78 Å². The van der Waals surface area contributed by atoms with Gasteiger partial charge in [0.2, 0.25) is 0 Å². The molecule has 0 aliphatic carbocycles. The molecule has 144 valence electrons. The van der Waals surface area contributed by atoms with Crippen molar-refractivity contribution in [2.75, 3.05) is 5.32 Å². The van der Waals surface area contributed by atoms with Crippen LogP contribution in [0, 0.1) is 12.7 Å². The third kappa shape index (κ3) is 4.52. The lowest BCUT2D eigenvalue weighted by Crippen LogP contribution is -2.16. The van der Waals surface area contributed by atoms with Crippen LogP contribution >= 0.6 is 0 Å². The molecule has 1 unspecified atom stereocenters. The number of Topliss-reactive ketones (excluding diaryl/α,β-unsaturated/α-hetero) is 1. The topological polar surface area (TPSA) is 29.1 Å². The lowest BCUT2D eigenvalue weighted by molar-refractivity contribution is 0.0976. The molecule has 4 rings (SSSR count). The van der Waals surface area contributed by atoms with E-state index in [1.807, 2.05) is 73.7 Å². The zero-order chi connectivity index (χ0) is 20.2. The molecule has 1 atom stereocenters. The number of hydrogen-bond acceptors (Lipinski definition) is 2. The number of nitrogens with one attached hydrogen (secondary N) is 1. The van der Waals surface area contributed by atoms with Crippen LogP contribution < -0.4 is 5.32 Å². The minimum atomic E-state index is -0.283. The molecule has 0 saturated carbocycles. The molecule has 0 heterocycles. The monoisotopic (exact) mass is 383 g/mol. The Hall–Kier alpha value is -3.46. The summed E-state index contributed by atoms with van der Waals surface area (Å²) < 4.78 is 13.3. The first-order chi connectivity index (χ1) is 14.1. The van der Waals surface area contributed by atoms with Gasteiger partial charge < -0.3 is 5.32 Å². The minimum absolute atomic E-state index is 0.0657. The molecule has 0 amide bonds. The Kier molecular flexibility index (Phi) is 5.39. The lowest BCUT2D eigenvalue weighted by atomic mass is 9.95. The van der Waals surface area contributed by atoms with E-state index in [0.717, 1.165) is 27.6 Å². The fourth-order valence-electron chi connectivity index (χ4n) is 3.46. The number of carbonyl (C=O) groups excluding carboxylic acids is 1. The van der Waals surface area contributed by atoms with E-state index in [1.54, 1.807) is 12.1 Å². The van der Waals surface area contributed by atoms with Crippen molar-refractivity contribution >= 4 is 22.2 Å². The van der Waals surface area contributed by atoms with Crippen LogP contribution in [0.5, 0.6) is 0 Å². The Bertz CT molecular complexity index is 1130. The summed E-state index contributed by atoms with van der Waals surface area (Å²) in [6, 6.07) is 28.0. The predicted molar refractivity (Wildman–Crippen MR) is 117 cm³/mol. The highest BCUT2D eigenvalue weighted by Gasteiger charge is 2.18. The zero-order valence-corrected chi connectivity index (χ0v) is 16.2. The van der Waals surface area contributed by atoms with Gasteiger partial charge in [0, 0.05) is 17.7 Å². The molecule has 4 aromatic rings. The van der Waals surface area contributed by atoms with E-state index in [0.29, 0.717) is 12.0 Å². The van der Waals surface area contributed by atoms with Crippen molar-refractivity contribution in [1.82, 2.24) is 0 Å². The third-order valence-corrected chi connectivity index (χ3v) is 5.13. The summed E-state index contributed by atoms with van der Waals surface area (Å²) in [6.45, 7) is 2.03. The van der Waals surface area contributed by atoms with Gasteiger partial charge in [-0.1, -0.05) is 66.2 Å². The zero-order valence-electron chi connectivity index (χ0n) is 16.2. The molecule has 0 aliphatic heterocycles. The summed E-state index contributed by atoms with van der Waals surface area (Å²) in [5, 5.41) is 5.56. The van der Waals surface area contributed by atoms with Gasteiger partial charge in [-0.05, 0) is 53.6 Å². The first-order valence-corrected chi connectivity index (χ1v) is 9.69. The normalized spacial score (nSPS) is 11.9. The van der Waals surface area contributed by atoms with Gasteiger partial charge in [-0.3, -0.25) is 4.79 Å². The first-order valence-electron chi connectivity index (χ1n) is 9.69. The number of carbonyl (C=O) groups is 1. The SMILES string of the molecule is Cc1ccc(C(CC(=O)c2ccc3ccccc3c2)Nc2ccc(F)cc2)cc1. The van der Waals surface area contributed by atoms with Crippen molar-refractivity contribution in [3.8, 4) is 0 Å². The van der Waals surface area contributed by atoms with E-state index in [9.17, 15) is 9.18 Å². The van der Waals surface area contributed by atoms with Gasteiger partial charge in [-0.2, -0.15) is 0 Å². The fraction of sp³-hybridized carbons (Fsp3) is 0.115. The van der Waals surface area contributed by atoms with E-state index in [2.05, 4.69) is 5.32 Å². The minimum Gasteiger partial charge on any atom is -0.378 e. The number of rotatable bonds is 6. The van der Waals surface area contributed by atoms with Gasteiger partial charge in [-0.15, -0.1) is 0 Å². The summed E-state index contributed by atoms with van der Waals surface area (Å²) in [4.78, 5) is 13.1. The average molecular weight is 383 g/mol. The molecule has 4 aromatic carbocycles. The second kappa shape index (κ2) is 8.27. The van der Waals surface area contributed by atoms with Crippen molar-refractivity contribution in [3.05, 3.63) is 114 Å². The number of halogens is 1. The summed E-state index contributed by atoms with van der Waals surface area (Å²) in [7, 11) is 0. The Morgan fingerprint density at radius 1 is 0.862 bits per heavy atom. The highest BCUT2D eigenvalue weighted by Crippen LogP contribution is 2.26. The molecule has 3 heteroatoms. The summed E-state index contributed by atoms with van der Waals surface area (Å²) in [6.07, 6.45) is 0.304. The Labute approximate surface area is 170 Å². The molecule has 0 fully saturated rings. The van der Waals surface area contributed by atoms with Crippen LogP contribution in [0.3, 0.4) is 0 Å². The maximum absolute atomic E-state index is 13.3. The van der Waals surface area contributed by atoms with Crippen LogP contribution in [-0.2, 0) is 0 Å². The van der Waals surface area contributed by atoms with E-state index in [4.69, 9.17) is 0 Å². The van der Waals surface area contributed by atoms with Crippen LogP contribution in [0.2, 0.25) is 0 Å². The second-order valence-electron chi connectivity index (χ2n) is 7.30. The molecular formula is C26H22FNO. The molecule has 0 radical (unpaired) electrons. The molecule has 29 heavy (non-hydrogen) atoms. The molecule has 2 nitrogen and oxygen atoms in total. The smallest absolute Gasteiger partial charge is 0.165 e. The van der Waals surface area contributed by atoms with Crippen LogP contribution in [0.1, 0.15) is 33.9 Å². The number of benzene rings is 4. The van der Waals surface area contributed by atoms with Crippen LogP contribution in [0.15, 0.2) is 91.0 Å². The van der Waals surface area contributed by atoms with Crippen molar-refractivity contribution in [2.24, 2.45) is 0 Å². The lowest BCUT2D eigenvalue weighted by Gasteiger charge is -2.20. The van der Waals surface area contributed by atoms with Crippen LogP contribution in [0.25, 0.3) is 10.8 Å². The third-order valence-electron chi connectivity index (χ3n) is 5.13. The number of ketones is 1. The summed E-state index contributed by atoms with van der Waals surface area (Å²) in [5.74, 6) is -0.217. The van der Waals surface area contributed by atoms with Gasteiger partial charge in [0.05, 0.1) is 6.04 Å². The van der Waals surface area contributed by atoms with E-state index in [1.165, 1.54) is 12.1 Å². The highest BCUT2D eigenvalue weighted by atomic mass is 19.1. The highest BCUT2D eigenvalue weighted by molar-refractivity contribution is 6.00. The number of anilines is 1. The van der Waals surface area contributed by atoms with Gasteiger partial charge >= 0.3 is 0 Å². The maximum Gasteiger partial charge on any atom is 0.165 e. The van der Waals surface area contributed by atoms with Crippen molar-refractivity contribution in [1.29, 1.82) is 0 Å². The number of hydrogen-bond donors (Lipinski definition) is 1. The second-order valence-corrected chi connectivity index (χ2v) is 7.30. The van der Waals surface area contributed by atoms with Crippen molar-refractivity contribution in [3.63, 3.8) is 0 Å².